The van der Waals surface area contributed by atoms with Crippen LogP contribution >= 0.6 is 0 Å². The summed E-state index contributed by atoms with van der Waals surface area (Å²) >= 11 is 0. The van der Waals surface area contributed by atoms with E-state index in [0.717, 1.165) is 0 Å². The number of hydrogen-bond acceptors (Lipinski definition) is 7. The molecule has 1 aromatic carbocycles. The fourth-order valence-electron chi connectivity index (χ4n) is 3.15. The van der Waals surface area contributed by atoms with Crippen LogP contribution in [0.2, 0.25) is 0 Å². The summed E-state index contributed by atoms with van der Waals surface area (Å²) in [5.74, 6) is 0.0421. The van der Waals surface area contributed by atoms with Crippen molar-refractivity contribution in [1.29, 1.82) is 0 Å². The summed E-state index contributed by atoms with van der Waals surface area (Å²) in [5, 5.41) is 14.2. The van der Waals surface area contributed by atoms with Gasteiger partial charge in [0, 0.05) is 22.7 Å². The van der Waals surface area contributed by atoms with Crippen molar-refractivity contribution in [1.82, 2.24) is 14.8 Å². The second-order valence-electron chi connectivity index (χ2n) is 6.44. The van der Waals surface area contributed by atoms with Crippen molar-refractivity contribution in [2.75, 3.05) is 6.61 Å². The summed E-state index contributed by atoms with van der Waals surface area (Å²) in [5.41, 5.74) is 2.02. The lowest BCUT2D eigenvalue weighted by atomic mass is 9.97. The first-order valence-electron chi connectivity index (χ1n) is 8.75. The molecular weight excluding hydrogens is 397 g/mol. The molecule has 0 fully saturated rings. The topological polar surface area (TPSA) is 110 Å². The molecule has 10 heteroatoms. The third-order valence-electron chi connectivity index (χ3n) is 4.47. The predicted octanol–water partition coefficient (Wildman–Crippen LogP) is 1.83. The van der Waals surface area contributed by atoms with Gasteiger partial charge in [-0.25, -0.2) is 14.4 Å². The molecule has 1 unspecified atom stereocenters. The maximum Gasteiger partial charge on any atom is 0.221 e. The largest absolute Gasteiger partial charge is 0.394 e. The van der Waals surface area contributed by atoms with Gasteiger partial charge in [0.1, 0.15) is 22.6 Å². The predicted molar refractivity (Wildman–Crippen MR) is 108 cm³/mol. The van der Waals surface area contributed by atoms with E-state index in [0.29, 0.717) is 40.2 Å². The molecule has 1 aliphatic heterocycles. The van der Waals surface area contributed by atoms with Gasteiger partial charge in [-0.2, -0.15) is 13.5 Å². The molecule has 2 aromatic heterocycles. The molecule has 3 heterocycles. The van der Waals surface area contributed by atoms with Gasteiger partial charge >= 0.3 is 0 Å². The first-order chi connectivity index (χ1) is 14.0. The molecule has 4 rings (SSSR count). The van der Waals surface area contributed by atoms with Crippen LogP contribution < -0.4 is 0 Å². The van der Waals surface area contributed by atoms with Gasteiger partial charge in [0.05, 0.1) is 25.1 Å². The van der Waals surface area contributed by atoms with Gasteiger partial charge in [-0.15, -0.1) is 0 Å². The first kappa shape index (κ1) is 19.1. The van der Waals surface area contributed by atoms with Crippen molar-refractivity contribution < 1.29 is 17.9 Å². The quantitative estimate of drug-likeness (QED) is 0.656. The molecule has 3 aromatic rings. The highest BCUT2D eigenvalue weighted by Gasteiger charge is 2.26. The highest BCUT2D eigenvalue weighted by atomic mass is 32.2. The SMILES string of the molecule is CC1=NC(c2cc3cn(CCO)nc3nc2-c2ccc(F)cc2)C(=S(=O)=O)C=N1. The van der Waals surface area contributed by atoms with Crippen molar-refractivity contribution in [2.24, 2.45) is 9.98 Å². The number of rotatable bonds is 4. The number of aliphatic hydroxyl groups excluding tert-OH is 1. The van der Waals surface area contributed by atoms with E-state index < -0.39 is 22.2 Å². The molecule has 0 saturated carbocycles. The van der Waals surface area contributed by atoms with Crippen molar-refractivity contribution in [3.8, 4) is 11.3 Å². The van der Waals surface area contributed by atoms with Gasteiger partial charge in [-0.1, -0.05) is 0 Å². The molecule has 0 radical (unpaired) electrons. The van der Waals surface area contributed by atoms with Crippen LogP contribution in [0.1, 0.15) is 18.5 Å². The lowest BCUT2D eigenvalue weighted by Crippen LogP contribution is -2.20. The molecule has 29 heavy (non-hydrogen) atoms. The molecule has 1 atom stereocenters. The lowest BCUT2D eigenvalue weighted by Gasteiger charge is -2.18. The van der Waals surface area contributed by atoms with E-state index in [1.165, 1.54) is 18.3 Å². The maximum absolute atomic E-state index is 13.4. The van der Waals surface area contributed by atoms with E-state index >= 15 is 0 Å². The summed E-state index contributed by atoms with van der Waals surface area (Å²) in [6.45, 7) is 1.89. The number of benzene rings is 1. The molecule has 0 amide bonds. The van der Waals surface area contributed by atoms with E-state index in [-0.39, 0.29) is 11.5 Å². The van der Waals surface area contributed by atoms with E-state index in [1.54, 1.807) is 36.0 Å². The monoisotopic (exact) mass is 413 g/mol. The minimum atomic E-state index is -2.53. The number of aliphatic imine (C=N–C) groups is 2. The molecule has 0 bridgehead atoms. The standard InChI is InChI=1S/C19H16FN5O3S/c1-11-21-9-16(29(27)28)18(22-11)15-8-13-10-25(6-7-26)24-19(13)23-17(15)12-2-4-14(20)5-3-12/h2-5,8-10,18,26H,6-7H2,1H3. The summed E-state index contributed by atoms with van der Waals surface area (Å²) in [7, 11) is -2.53. The lowest BCUT2D eigenvalue weighted by molar-refractivity contribution is 0.270. The highest BCUT2D eigenvalue weighted by molar-refractivity contribution is 7.74. The zero-order valence-electron chi connectivity index (χ0n) is 15.3. The molecular formula is C19H16FN5O3S. The Morgan fingerprint density at radius 1 is 1.24 bits per heavy atom. The van der Waals surface area contributed by atoms with E-state index in [4.69, 9.17) is 5.11 Å². The first-order valence-corrected chi connectivity index (χ1v) is 9.83. The van der Waals surface area contributed by atoms with Gasteiger partial charge in [-0.3, -0.25) is 9.67 Å². The van der Waals surface area contributed by atoms with E-state index in [1.807, 2.05) is 0 Å². The second-order valence-corrected chi connectivity index (χ2v) is 7.38. The maximum atomic E-state index is 13.4. The Balaban J connectivity index is 1.99. The number of nitrogens with zero attached hydrogens (tertiary/aromatic N) is 5. The molecule has 0 saturated heterocycles. The third-order valence-corrected chi connectivity index (χ3v) is 5.18. The van der Waals surface area contributed by atoms with Gasteiger partial charge < -0.3 is 5.11 Å². The van der Waals surface area contributed by atoms with E-state index in [9.17, 15) is 12.8 Å². The Hall–Kier alpha value is -3.24. The van der Waals surface area contributed by atoms with Crippen LogP contribution in [0.15, 0.2) is 46.5 Å². The van der Waals surface area contributed by atoms with E-state index in [2.05, 4.69) is 20.1 Å². The fraction of sp³-hybridized carbons (Fsp3) is 0.211. The number of aliphatic hydroxyl groups is 1. The average molecular weight is 413 g/mol. The number of fused-ring (bicyclic) bond motifs is 1. The zero-order chi connectivity index (χ0) is 20.5. The number of amidine groups is 1. The number of hydrogen-bond donors (Lipinski definition) is 1. The summed E-state index contributed by atoms with van der Waals surface area (Å²) < 4.78 is 38.5. The van der Waals surface area contributed by atoms with Crippen molar-refractivity contribution in [2.45, 2.75) is 19.5 Å². The van der Waals surface area contributed by atoms with Crippen LogP contribution in [0, 0.1) is 5.82 Å². The molecule has 0 aliphatic carbocycles. The molecule has 0 spiro atoms. The normalized spacial score (nSPS) is 16.3. The van der Waals surface area contributed by atoms with Gasteiger partial charge in [-0.05, 0) is 37.3 Å². The summed E-state index contributed by atoms with van der Waals surface area (Å²) in [4.78, 5) is 13.0. The Morgan fingerprint density at radius 3 is 2.69 bits per heavy atom. The fourth-order valence-corrected chi connectivity index (χ4v) is 3.66. The van der Waals surface area contributed by atoms with Crippen LogP contribution in [0.25, 0.3) is 22.3 Å². The van der Waals surface area contributed by atoms with Gasteiger partial charge in [0.2, 0.25) is 10.3 Å². The van der Waals surface area contributed by atoms with Crippen LogP contribution in [0.4, 0.5) is 4.39 Å². The summed E-state index contributed by atoms with van der Waals surface area (Å²) in [6.07, 6.45) is 3.00. The van der Waals surface area contributed by atoms with Crippen LogP contribution in [0.3, 0.4) is 0 Å². The number of aromatic nitrogens is 3. The van der Waals surface area contributed by atoms with Crippen LogP contribution in [-0.4, -0.2) is 51.8 Å². The van der Waals surface area contributed by atoms with Gasteiger partial charge in [0.25, 0.3) is 0 Å². The Morgan fingerprint density at radius 2 is 2.00 bits per heavy atom. The Kier molecular flexibility index (Phi) is 5.03. The number of halogens is 1. The minimum Gasteiger partial charge on any atom is -0.394 e. The third kappa shape index (κ3) is 3.71. The smallest absolute Gasteiger partial charge is 0.221 e. The average Bonchev–Trinajstić information content (AvgIpc) is 3.09. The van der Waals surface area contributed by atoms with Crippen molar-refractivity contribution in [3.63, 3.8) is 0 Å². The molecule has 8 nitrogen and oxygen atoms in total. The minimum absolute atomic E-state index is 0.0165. The molecule has 1 N–H and O–H groups in total. The van der Waals surface area contributed by atoms with Crippen molar-refractivity contribution >= 4 is 38.2 Å². The second kappa shape index (κ2) is 7.64. The van der Waals surface area contributed by atoms with Gasteiger partial charge in [0.15, 0.2) is 5.65 Å². The molecule has 148 valence electrons. The number of pyridine rings is 1. The Bertz CT molecular complexity index is 1290. The summed E-state index contributed by atoms with van der Waals surface area (Å²) in [6, 6.07) is 6.70. The Labute approximate surface area is 166 Å². The van der Waals surface area contributed by atoms with Crippen molar-refractivity contribution in [3.05, 3.63) is 47.9 Å². The zero-order valence-corrected chi connectivity index (χ0v) is 16.1. The van der Waals surface area contributed by atoms with Crippen LogP contribution in [0.5, 0.6) is 0 Å². The highest BCUT2D eigenvalue weighted by Crippen LogP contribution is 2.33. The van der Waals surface area contributed by atoms with Crippen LogP contribution in [-0.2, 0) is 16.8 Å². The molecule has 1 aliphatic rings.